The van der Waals surface area contributed by atoms with E-state index in [1.807, 2.05) is 6.07 Å². The highest BCUT2D eigenvalue weighted by Gasteiger charge is 2.26. The number of nitrogens with zero attached hydrogens (tertiary/aromatic N) is 1. The zero-order valence-corrected chi connectivity index (χ0v) is 11.2. The monoisotopic (exact) mass is 262 g/mol. The molecule has 0 spiro atoms. The van der Waals surface area contributed by atoms with Crippen molar-refractivity contribution < 1.29 is 9.13 Å². The first-order valence-electron chi connectivity index (χ1n) is 6.76. The maximum Gasteiger partial charge on any atom is 0.145 e. The maximum atomic E-state index is 13.8. The fourth-order valence-electron chi connectivity index (χ4n) is 2.57. The number of nitrogens with one attached hydrogen (secondary N) is 1. The highest BCUT2D eigenvalue weighted by molar-refractivity contribution is 5.34. The number of hydrogen-bond donors (Lipinski definition) is 1. The number of rotatable bonds is 5. The highest BCUT2D eigenvalue weighted by atomic mass is 19.1. The summed E-state index contributed by atoms with van der Waals surface area (Å²) in [5, 5.41) is 12.1. The largest absolute Gasteiger partial charge is 0.378 e. The summed E-state index contributed by atoms with van der Waals surface area (Å²) in [5.41, 5.74) is 0.654. The van der Waals surface area contributed by atoms with Crippen LogP contribution in [0.15, 0.2) is 18.2 Å². The van der Waals surface area contributed by atoms with E-state index in [9.17, 15) is 4.39 Å². The summed E-state index contributed by atoms with van der Waals surface area (Å²) in [6.45, 7) is 4.23. The second-order valence-electron chi connectivity index (χ2n) is 4.89. The molecule has 1 aliphatic rings. The third-order valence-corrected chi connectivity index (χ3v) is 3.67. The highest BCUT2D eigenvalue weighted by Crippen LogP contribution is 2.22. The molecule has 1 heterocycles. The van der Waals surface area contributed by atoms with E-state index in [4.69, 9.17) is 10.00 Å². The van der Waals surface area contributed by atoms with Crippen molar-refractivity contribution in [2.75, 3.05) is 13.2 Å². The Kier molecular flexibility index (Phi) is 4.89. The zero-order valence-electron chi connectivity index (χ0n) is 11.2. The quantitative estimate of drug-likeness (QED) is 0.887. The van der Waals surface area contributed by atoms with Crippen molar-refractivity contribution in [2.45, 2.75) is 32.4 Å². The van der Waals surface area contributed by atoms with Crippen LogP contribution in [0, 0.1) is 23.1 Å². The first-order valence-corrected chi connectivity index (χ1v) is 6.76. The molecule has 1 aliphatic heterocycles. The Bertz CT molecular complexity index is 470. The fraction of sp³-hybridized carbons (Fsp3) is 0.533. The van der Waals surface area contributed by atoms with Gasteiger partial charge in [-0.2, -0.15) is 5.26 Å². The molecule has 1 aromatic rings. The molecule has 0 radical (unpaired) electrons. The van der Waals surface area contributed by atoms with Crippen LogP contribution in [-0.2, 0) is 11.3 Å². The number of halogens is 1. The average Bonchev–Trinajstić information content (AvgIpc) is 2.88. The predicted octanol–water partition coefficient (Wildman–Crippen LogP) is 2.60. The van der Waals surface area contributed by atoms with Crippen molar-refractivity contribution in [1.29, 1.82) is 5.26 Å². The second kappa shape index (κ2) is 6.65. The van der Waals surface area contributed by atoms with Gasteiger partial charge in [-0.25, -0.2) is 4.39 Å². The van der Waals surface area contributed by atoms with Crippen LogP contribution in [0.25, 0.3) is 0 Å². The van der Waals surface area contributed by atoms with Crippen LogP contribution < -0.4 is 5.32 Å². The molecular weight excluding hydrogens is 243 g/mol. The molecule has 2 atom stereocenters. The smallest absolute Gasteiger partial charge is 0.145 e. The summed E-state index contributed by atoms with van der Waals surface area (Å²) in [7, 11) is 0. The van der Waals surface area contributed by atoms with E-state index in [1.165, 1.54) is 6.07 Å². The van der Waals surface area contributed by atoms with Gasteiger partial charge in [0.05, 0.1) is 11.7 Å². The van der Waals surface area contributed by atoms with Gasteiger partial charge >= 0.3 is 0 Å². The Balaban J connectivity index is 1.88. The molecule has 102 valence electrons. The van der Waals surface area contributed by atoms with Crippen LogP contribution in [0.3, 0.4) is 0 Å². The van der Waals surface area contributed by atoms with Gasteiger partial charge in [-0.15, -0.1) is 0 Å². The van der Waals surface area contributed by atoms with Gasteiger partial charge in [0.2, 0.25) is 0 Å². The molecule has 0 saturated carbocycles. The molecule has 0 aliphatic carbocycles. The molecule has 2 rings (SSSR count). The van der Waals surface area contributed by atoms with Gasteiger partial charge in [0.25, 0.3) is 0 Å². The SMILES string of the molecule is CCC1OCCC1CNCc1cccc(C#N)c1F. The summed E-state index contributed by atoms with van der Waals surface area (Å²) < 4.78 is 19.4. The van der Waals surface area contributed by atoms with Gasteiger partial charge in [-0.05, 0) is 24.8 Å². The van der Waals surface area contributed by atoms with Crippen LogP contribution in [0.1, 0.15) is 30.9 Å². The van der Waals surface area contributed by atoms with Crippen molar-refractivity contribution in [3.8, 4) is 6.07 Å². The van der Waals surface area contributed by atoms with E-state index >= 15 is 0 Å². The molecule has 1 fully saturated rings. The first kappa shape index (κ1) is 14.0. The number of ether oxygens (including phenoxy) is 1. The molecule has 0 aromatic heterocycles. The molecule has 19 heavy (non-hydrogen) atoms. The van der Waals surface area contributed by atoms with Crippen LogP contribution in [0.2, 0.25) is 0 Å². The minimum atomic E-state index is -0.410. The predicted molar refractivity (Wildman–Crippen MR) is 71.0 cm³/mol. The van der Waals surface area contributed by atoms with Crippen LogP contribution >= 0.6 is 0 Å². The number of hydrogen-bond acceptors (Lipinski definition) is 3. The van der Waals surface area contributed by atoms with E-state index in [0.717, 1.165) is 26.0 Å². The molecule has 3 nitrogen and oxygen atoms in total. The molecule has 0 amide bonds. The van der Waals surface area contributed by atoms with E-state index in [2.05, 4.69) is 12.2 Å². The summed E-state index contributed by atoms with van der Waals surface area (Å²) in [6.07, 6.45) is 2.40. The Labute approximate surface area is 113 Å². The lowest BCUT2D eigenvalue weighted by Gasteiger charge is -2.17. The minimum absolute atomic E-state index is 0.106. The molecule has 0 bridgehead atoms. The molecule has 1 saturated heterocycles. The number of benzene rings is 1. The van der Waals surface area contributed by atoms with Crippen LogP contribution in [0.4, 0.5) is 4.39 Å². The molecule has 2 unspecified atom stereocenters. The standard InChI is InChI=1S/C15H19FN2O/c1-2-14-12(6-7-19-14)9-18-10-13-5-3-4-11(8-17)15(13)16/h3-5,12,14,18H,2,6-7,9-10H2,1H3. The lowest BCUT2D eigenvalue weighted by Crippen LogP contribution is -2.28. The van der Waals surface area contributed by atoms with E-state index in [-0.39, 0.29) is 5.56 Å². The van der Waals surface area contributed by atoms with Crippen molar-refractivity contribution in [3.05, 3.63) is 35.1 Å². The van der Waals surface area contributed by atoms with Crippen LogP contribution in [-0.4, -0.2) is 19.3 Å². The Hall–Kier alpha value is -1.44. The molecule has 1 N–H and O–H groups in total. The Morgan fingerprint density at radius 3 is 3.11 bits per heavy atom. The second-order valence-corrected chi connectivity index (χ2v) is 4.89. The zero-order chi connectivity index (χ0) is 13.7. The van der Waals surface area contributed by atoms with Crippen molar-refractivity contribution in [2.24, 2.45) is 5.92 Å². The molecular formula is C15H19FN2O. The topological polar surface area (TPSA) is 45.0 Å². The average molecular weight is 262 g/mol. The summed E-state index contributed by atoms with van der Waals surface area (Å²) in [4.78, 5) is 0. The fourth-order valence-corrected chi connectivity index (χ4v) is 2.57. The van der Waals surface area contributed by atoms with Gasteiger partial charge < -0.3 is 10.1 Å². The normalized spacial score (nSPS) is 22.4. The van der Waals surface area contributed by atoms with Crippen molar-refractivity contribution >= 4 is 0 Å². The van der Waals surface area contributed by atoms with Gasteiger partial charge in [0.15, 0.2) is 0 Å². The van der Waals surface area contributed by atoms with E-state index in [0.29, 0.717) is 24.1 Å². The molecule has 1 aromatic carbocycles. The van der Waals surface area contributed by atoms with Gasteiger partial charge in [0.1, 0.15) is 11.9 Å². The van der Waals surface area contributed by atoms with Gasteiger partial charge in [-0.3, -0.25) is 0 Å². The number of nitriles is 1. The summed E-state index contributed by atoms with van der Waals surface area (Å²) >= 11 is 0. The molecule has 4 heteroatoms. The Morgan fingerprint density at radius 2 is 2.37 bits per heavy atom. The maximum absolute atomic E-state index is 13.8. The third kappa shape index (κ3) is 3.31. The lowest BCUT2D eigenvalue weighted by molar-refractivity contribution is 0.0872. The lowest BCUT2D eigenvalue weighted by atomic mass is 9.99. The summed E-state index contributed by atoms with van der Waals surface area (Å²) in [6, 6.07) is 6.79. The van der Waals surface area contributed by atoms with Gasteiger partial charge in [0, 0.05) is 25.3 Å². The van der Waals surface area contributed by atoms with Crippen LogP contribution in [0.5, 0.6) is 0 Å². The summed E-state index contributed by atoms with van der Waals surface area (Å²) in [5.74, 6) is 0.0967. The van der Waals surface area contributed by atoms with Crippen molar-refractivity contribution in [3.63, 3.8) is 0 Å². The van der Waals surface area contributed by atoms with Crippen molar-refractivity contribution in [1.82, 2.24) is 5.32 Å². The minimum Gasteiger partial charge on any atom is -0.378 e. The Morgan fingerprint density at radius 1 is 1.53 bits per heavy atom. The van der Waals surface area contributed by atoms with Gasteiger partial charge in [-0.1, -0.05) is 19.1 Å². The first-order chi connectivity index (χ1) is 9.26. The van der Waals surface area contributed by atoms with E-state index in [1.54, 1.807) is 12.1 Å². The van der Waals surface area contributed by atoms with E-state index < -0.39 is 5.82 Å². The third-order valence-electron chi connectivity index (χ3n) is 3.67.